The fraction of sp³-hybridized carbons (Fsp3) is 0.857. The third kappa shape index (κ3) is 3.34. The molecule has 4 nitrogen and oxygen atoms in total. The van der Waals surface area contributed by atoms with E-state index in [0.29, 0.717) is 0 Å². The molecule has 4 heteroatoms. The number of ether oxygens (including phenoxy) is 1. The van der Waals surface area contributed by atoms with Crippen molar-refractivity contribution >= 4 is 5.91 Å². The molecule has 1 rings (SSSR count). The van der Waals surface area contributed by atoms with Crippen LogP contribution in [0.15, 0.2) is 0 Å². The first-order valence-corrected chi connectivity index (χ1v) is 3.83. The summed E-state index contributed by atoms with van der Waals surface area (Å²) in [5.41, 5.74) is 2.25. The minimum atomic E-state index is -0.243. The molecule has 0 spiro atoms. The number of hydrogen-bond donors (Lipinski definition) is 1. The number of carbonyl (C=O) groups excluding carboxylic acids is 1. The Kier molecular flexibility index (Phi) is 3.32. The molecule has 1 saturated heterocycles. The Bertz CT molecular complexity index is 132. The SMILES string of the molecule is CC(=O)NO[C@H]1CCCCO1. The molecule has 1 amide bonds. The monoisotopic (exact) mass is 159 g/mol. The molecular formula is C7H13NO3. The molecule has 11 heavy (non-hydrogen) atoms. The minimum Gasteiger partial charge on any atom is -0.350 e. The molecular weight excluding hydrogens is 146 g/mol. The van der Waals surface area contributed by atoms with Crippen LogP contribution in [0.5, 0.6) is 0 Å². The van der Waals surface area contributed by atoms with Gasteiger partial charge in [-0.2, -0.15) is 0 Å². The first-order valence-electron chi connectivity index (χ1n) is 3.83. The minimum absolute atomic E-state index is 0.195. The van der Waals surface area contributed by atoms with E-state index in [2.05, 4.69) is 5.48 Å². The molecule has 0 aliphatic carbocycles. The molecule has 1 aliphatic heterocycles. The summed E-state index contributed by atoms with van der Waals surface area (Å²) in [6.07, 6.45) is 2.80. The van der Waals surface area contributed by atoms with Crippen LogP contribution in [0.1, 0.15) is 26.2 Å². The lowest BCUT2D eigenvalue weighted by molar-refractivity contribution is -0.199. The van der Waals surface area contributed by atoms with Crippen molar-refractivity contribution in [2.75, 3.05) is 6.61 Å². The largest absolute Gasteiger partial charge is 0.350 e. The fourth-order valence-corrected chi connectivity index (χ4v) is 0.953. The molecule has 0 saturated carbocycles. The van der Waals surface area contributed by atoms with E-state index in [4.69, 9.17) is 9.57 Å². The van der Waals surface area contributed by atoms with Gasteiger partial charge in [-0.3, -0.25) is 4.79 Å². The topological polar surface area (TPSA) is 47.6 Å². The van der Waals surface area contributed by atoms with Crippen LogP contribution < -0.4 is 5.48 Å². The van der Waals surface area contributed by atoms with Gasteiger partial charge in [0.05, 0.1) is 0 Å². The van der Waals surface area contributed by atoms with E-state index in [1.54, 1.807) is 0 Å². The lowest BCUT2D eigenvalue weighted by Crippen LogP contribution is -2.31. The third-order valence-electron chi connectivity index (χ3n) is 1.47. The first kappa shape index (κ1) is 8.49. The van der Waals surface area contributed by atoms with Crippen LogP contribution in [0.25, 0.3) is 0 Å². The zero-order valence-electron chi connectivity index (χ0n) is 6.63. The predicted molar refractivity (Wildman–Crippen MR) is 38.5 cm³/mol. The summed E-state index contributed by atoms with van der Waals surface area (Å²) >= 11 is 0. The number of hydrogen-bond acceptors (Lipinski definition) is 3. The van der Waals surface area contributed by atoms with Crippen LogP contribution in [0.2, 0.25) is 0 Å². The Morgan fingerprint density at radius 2 is 2.45 bits per heavy atom. The van der Waals surface area contributed by atoms with Crippen molar-refractivity contribution in [2.45, 2.75) is 32.5 Å². The maximum Gasteiger partial charge on any atom is 0.240 e. The Morgan fingerprint density at radius 3 is 3.00 bits per heavy atom. The predicted octanol–water partition coefficient (Wildman–Crippen LogP) is 0.581. The van der Waals surface area contributed by atoms with Crippen LogP contribution in [-0.2, 0) is 14.4 Å². The fourth-order valence-electron chi connectivity index (χ4n) is 0.953. The molecule has 1 fully saturated rings. The second-order valence-corrected chi connectivity index (χ2v) is 2.57. The normalized spacial score (nSPS) is 24.6. The van der Waals surface area contributed by atoms with Crippen molar-refractivity contribution in [3.05, 3.63) is 0 Å². The second-order valence-electron chi connectivity index (χ2n) is 2.57. The van der Waals surface area contributed by atoms with Gasteiger partial charge < -0.3 is 4.74 Å². The molecule has 0 aromatic heterocycles. The summed E-state index contributed by atoms with van der Waals surface area (Å²) in [5, 5.41) is 0. The van der Waals surface area contributed by atoms with Gasteiger partial charge in [0.15, 0.2) is 6.29 Å². The average Bonchev–Trinajstić information content (AvgIpc) is 2.03. The summed E-state index contributed by atoms with van der Waals surface area (Å²) in [6.45, 7) is 2.13. The molecule has 0 radical (unpaired) electrons. The highest BCUT2D eigenvalue weighted by Gasteiger charge is 2.14. The maximum atomic E-state index is 10.4. The van der Waals surface area contributed by atoms with E-state index in [1.807, 2.05) is 0 Å². The van der Waals surface area contributed by atoms with Crippen LogP contribution in [0.3, 0.4) is 0 Å². The van der Waals surface area contributed by atoms with Gasteiger partial charge in [-0.25, -0.2) is 10.3 Å². The van der Waals surface area contributed by atoms with E-state index in [-0.39, 0.29) is 12.2 Å². The van der Waals surface area contributed by atoms with Crippen LogP contribution in [0.4, 0.5) is 0 Å². The highest BCUT2D eigenvalue weighted by Crippen LogP contribution is 2.12. The molecule has 1 aliphatic rings. The third-order valence-corrected chi connectivity index (χ3v) is 1.47. The van der Waals surface area contributed by atoms with E-state index in [9.17, 15) is 4.79 Å². The van der Waals surface area contributed by atoms with Crippen molar-refractivity contribution < 1.29 is 14.4 Å². The highest BCUT2D eigenvalue weighted by atomic mass is 16.8. The molecule has 0 aromatic rings. The van der Waals surface area contributed by atoms with Crippen molar-refractivity contribution in [1.82, 2.24) is 5.48 Å². The Hall–Kier alpha value is -0.610. The van der Waals surface area contributed by atoms with Crippen molar-refractivity contribution in [2.24, 2.45) is 0 Å². The van der Waals surface area contributed by atoms with Crippen molar-refractivity contribution in [3.8, 4) is 0 Å². The molecule has 1 N–H and O–H groups in total. The van der Waals surface area contributed by atoms with Gasteiger partial charge in [0.2, 0.25) is 5.91 Å². The summed E-state index contributed by atoms with van der Waals surface area (Å²) in [7, 11) is 0. The van der Waals surface area contributed by atoms with E-state index in [0.717, 1.165) is 25.9 Å². The Balaban J connectivity index is 2.09. The Morgan fingerprint density at radius 1 is 1.64 bits per heavy atom. The number of amides is 1. The average molecular weight is 159 g/mol. The molecule has 1 heterocycles. The van der Waals surface area contributed by atoms with Crippen LogP contribution in [0, 0.1) is 0 Å². The van der Waals surface area contributed by atoms with Crippen molar-refractivity contribution in [3.63, 3.8) is 0 Å². The molecule has 0 bridgehead atoms. The maximum absolute atomic E-state index is 10.4. The van der Waals surface area contributed by atoms with Crippen LogP contribution in [-0.4, -0.2) is 18.8 Å². The number of rotatable bonds is 2. The van der Waals surface area contributed by atoms with Crippen LogP contribution >= 0.6 is 0 Å². The second kappa shape index (κ2) is 4.31. The smallest absolute Gasteiger partial charge is 0.240 e. The van der Waals surface area contributed by atoms with E-state index < -0.39 is 0 Å². The lowest BCUT2D eigenvalue weighted by Gasteiger charge is -2.21. The summed E-state index contributed by atoms with van der Waals surface area (Å²) in [6, 6.07) is 0. The van der Waals surface area contributed by atoms with Gasteiger partial charge in [0, 0.05) is 20.0 Å². The van der Waals surface area contributed by atoms with Gasteiger partial charge in [-0.05, 0) is 12.8 Å². The standard InChI is InChI=1S/C7H13NO3/c1-6(9)8-11-7-4-2-3-5-10-7/h7H,2-5H2,1H3,(H,8,9)/t7-/m0/s1. The van der Waals surface area contributed by atoms with Gasteiger partial charge in [-0.1, -0.05) is 0 Å². The van der Waals surface area contributed by atoms with Gasteiger partial charge >= 0.3 is 0 Å². The zero-order chi connectivity index (χ0) is 8.10. The molecule has 0 aromatic carbocycles. The highest BCUT2D eigenvalue weighted by molar-refractivity contribution is 5.71. The molecule has 1 atom stereocenters. The van der Waals surface area contributed by atoms with Gasteiger partial charge in [0.1, 0.15) is 0 Å². The van der Waals surface area contributed by atoms with E-state index in [1.165, 1.54) is 6.92 Å². The lowest BCUT2D eigenvalue weighted by atomic mass is 10.2. The number of carbonyl (C=O) groups is 1. The quantitative estimate of drug-likeness (QED) is 0.599. The van der Waals surface area contributed by atoms with Gasteiger partial charge in [0.25, 0.3) is 0 Å². The van der Waals surface area contributed by atoms with Gasteiger partial charge in [-0.15, -0.1) is 0 Å². The summed E-state index contributed by atoms with van der Waals surface area (Å²) in [4.78, 5) is 15.3. The zero-order valence-corrected chi connectivity index (χ0v) is 6.63. The van der Waals surface area contributed by atoms with E-state index >= 15 is 0 Å². The first-order chi connectivity index (χ1) is 5.29. The molecule has 0 unspecified atom stereocenters. The van der Waals surface area contributed by atoms with Crippen molar-refractivity contribution in [1.29, 1.82) is 0 Å². The number of hydroxylamine groups is 1. The summed E-state index contributed by atoms with van der Waals surface area (Å²) < 4.78 is 5.19. The Labute approximate surface area is 65.8 Å². The molecule has 64 valence electrons. The summed E-state index contributed by atoms with van der Waals surface area (Å²) in [5.74, 6) is -0.195. The number of nitrogens with one attached hydrogen (secondary N) is 1.